The number of nitrogens with zero attached hydrogens (tertiary/aromatic N) is 1. The lowest BCUT2D eigenvalue weighted by molar-refractivity contribution is -0.129. The number of benzene rings is 1. The maximum Gasteiger partial charge on any atom is 0.226 e. The summed E-state index contributed by atoms with van der Waals surface area (Å²) in [6.45, 7) is 6.88. The summed E-state index contributed by atoms with van der Waals surface area (Å²) in [4.78, 5) is 14.3. The Balaban J connectivity index is 1.90. The van der Waals surface area contributed by atoms with Crippen molar-refractivity contribution in [3.8, 4) is 0 Å². The van der Waals surface area contributed by atoms with Crippen LogP contribution in [0.15, 0.2) is 24.3 Å². The predicted molar refractivity (Wildman–Crippen MR) is 77.6 cm³/mol. The van der Waals surface area contributed by atoms with Crippen LogP contribution in [0.2, 0.25) is 0 Å². The summed E-state index contributed by atoms with van der Waals surface area (Å²) in [5.41, 5.74) is 7.76. The summed E-state index contributed by atoms with van der Waals surface area (Å²) in [5, 5.41) is 0. The summed E-state index contributed by atoms with van der Waals surface area (Å²) in [5.74, 6) is 1.59. The Morgan fingerprint density at radius 3 is 2.47 bits per heavy atom. The zero-order valence-corrected chi connectivity index (χ0v) is 11.9. The molecule has 1 aromatic rings. The highest BCUT2D eigenvalue weighted by Crippen LogP contribution is 2.24. The Bertz CT molecular complexity index is 425. The molecule has 1 heterocycles. The number of carbonyl (C=O) groups excluding carboxylic acids is 1. The fourth-order valence-corrected chi connectivity index (χ4v) is 2.64. The van der Waals surface area contributed by atoms with E-state index >= 15 is 0 Å². The fourth-order valence-electron chi connectivity index (χ4n) is 2.64. The van der Waals surface area contributed by atoms with Crippen molar-refractivity contribution >= 4 is 5.91 Å². The van der Waals surface area contributed by atoms with Gasteiger partial charge in [-0.15, -0.1) is 0 Å². The van der Waals surface area contributed by atoms with Gasteiger partial charge in [0.1, 0.15) is 0 Å². The molecule has 104 valence electrons. The second kappa shape index (κ2) is 6.20. The number of nitrogens with two attached hydrogens (primary N) is 1. The number of rotatable bonds is 4. The minimum absolute atomic E-state index is 0.253. The van der Waals surface area contributed by atoms with Crippen LogP contribution < -0.4 is 5.73 Å². The third-order valence-electron chi connectivity index (χ3n) is 4.13. The van der Waals surface area contributed by atoms with Gasteiger partial charge in [0.2, 0.25) is 5.91 Å². The van der Waals surface area contributed by atoms with Gasteiger partial charge in [0.25, 0.3) is 0 Å². The van der Waals surface area contributed by atoms with Crippen LogP contribution in [-0.2, 0) is 17.8 Å². The lowest BCUT2D eigenvalue weighted by Gasteiger charge is -2.18. The van der Waals surface area contributed by atoms with Crippen molar-refractivity contribution in [1.29, 1.82) is 0 Å². The number of hydrogen-bond donors (Lipinski definition) is 1. The Morgan fingerprint density at radius 1 is 1.32 bits per heavy atom. The van der Waals surface area contributed by atoms with Crippen LogP contribution in [-0.4, -0.2) is 23.9 Å². The smallest absolute Gasteiger partial charge is 0.226 e. The molecule has 1 aliphatic rings. The van der Waals surface area contributed by atoms with E-state index in [1.54, 1.807) is 0 Å². The van der Waals surface area contributed by atoms with E-state index in [4.69, 9.17) is 5.73 Å². The number of hydrogen-bond acceptors (Lipinski definition) is 2. The van der Waals surface area contributed by atoms with Crippen LogP contribution >= 0.6 is 0 Å². The molecule has 1 aromatic carbocycles. The Morgan fingerprint density at radius 2 is 1.95 bits per heavy atom. The number of carbonyl (C=O) groups is 1. The first-order valence-corrected chi connectivity index (χ1v) is 7.15. The summed E-state index contributed by atoms with van der Waals surface area (Å²) < 4.78 is 0. The van der Waals surface area contributed by atoms with E-state index < -0.39 is 0 Å². The highest BCUT2D eigenvalue weighted by atomic mass is 16.2. The van der Waals surface area contributed by atoms with Crippen molar-refractivity contribution in [2.24, 2.45) is 17.6 Å². The second-order valence-corrected chi connectivity index (χ2v) is 5.83. The Labute approximate surface area is 115 Å². The summed E-state index contributed by atoms with van der Waals surface area (Å²) in [6.07, 6.45) is 1.66. The van der Waals surface area contributed by atoms with Crippen molar-refractivity contribution in [2.45, 2.75) is 33.2 Å². The molecule has 1 atom stereocenters. The molecule has 1 fully saturated rings. The highest BCUT2D eigenvalue weighted by Gasteiger charge is 2.27. The van der Waals surface area contributed by atoms with Crippen LogP contribution in [0.1, 0.15) is 31.4 Å². The van der Waals surface area contributed by atoms with Gasteiger partial charge in [-0.2, -0.15) is 0 Å². The molecule has 19 heavy (non-hydrogen) atoms. The molecule has 0 aliphatic carbocycles. The van der Waals surface area contributed by atoms with Gasteiger partial charge in [0, 0.05) is 19.6 Å². The molecule has 0 radical (unpaired) electrons. The van der Waals surface area contributed by atoms with E-state index in [1.807, 2.05) is 29.2 Å². The Hall–Kier alpha value is -1.35. The van der Waals surface area contributed by atoms with Gasteiger partial charge in [-0.25, -0.2) is 0 Å². The zero-order chi connectivity index (χ0) is 13.8. The van der Waals surface area contributed by atoms with Gasteiger partial charge in [0.15, 0.2) is 0 Å². The van der Waals surface area contributed by atoms with Crippen LogP contribution in [0.4, 0.5) is 0 Å². The van der Waals surface area contributed by atoms with Gasteiger partial charge in [0.05, 0.1) is 6.42 Å². The molecular formula is C16H24N2O. The van der Waals surface area contributed by atoms with Crippen LogP contribution in [0.5, 0.6) is 0 Å². The minimum atomic E-state index is 0.253. The maximum absolute atomic E-state index is 12.2. The molecular weight excluding hydrogens is 236 g/mol. The van der Waals surface area contributed by atoms with E-state index in [-0.39, 0.29) is 5.91 Å². The largest absolute Gasteiger partial charge is 0.342 e. The first kappa shape index (κ1) is 14.1. The highest BCUT2D eigenvalue weighted by molar-refractivity contribution is 5.79. The number of amides is 1. The first-order valence-electron chi connectivity index (χ1n) is 7.15. The standard InChI is InChI=1S/C16H24N2O/c1-12(2)15-7-8-18(11-15)16(19)9-13-3-5-14(10-17)6-4-13/h3-6,12,15H,7-11,17H2,1-2H3. The van der Waals surface area contributed by atoms with Crippen molar-refractivity contribution in [1.82, 2.24) is 4.90 Å². The molecule has 0 saturated carbocycles. The van der Waals surface area contributed by atoms with Crippen LogP contribution in [0.25, 0.3) is 0 Å². The van der Waals surface area contributed by atoms with E-state index in [0.29, 0.717) is 24.8 Å². The molecule has 0 bridgehead atoms. The van der Waals surface area contributed by atoms with Crippen molar-refractivity contribution < 1.29 is 4.79 Å². The molecule has 0 aromatic heterocycles. The molecule has 1 amide bonds. The van der Waals surface area contributed by atoms with Gasteiger partial charge in [-0.05, 0) is 29.4 Å². The summed E-state index contributed by atoms with van der Waals surface area (Å²) in [6, 6.07) is 8.03. The summed E-state index contributed by atoms with van der Waals surface area (Å²) >= 11 is 0. The van der Waals surface area contributed by atoms with E-state index in [1.165, 1.54) is 0 Å². The predicted octanol–water partition coefficient (Wildman–Crippen LogP) is 2.19. The van der Waals surface area contributed by atoms with Crippen LogP contribution in [0.3, 0.4) is 0 Å². The van der Waals surface area contributed by atoms with Crippen molar-refractivity contribution in [3.63, 3.8) is 0 Å². The third kappa shape index (κ3) is 3.57. The monoisotopic (exact) mass is 260 g/mol. The number of likely N-dealkylation sites (tertiary alicyclic amines) is 1. The first-order chi connectivity index (χ1) is 9.10. The topological polar surface area (TPSA) is 46.3 Å². The lowest BCUT2D eigenvalue weighted by atomic mass is 9.95. The van der Waals surface area contributed by atoms with Gasteiger partial charge in [-0.1, -0.05) is 38.1 Å². The zero-order valence-electron chi connectivity index (χ0n) is 11.9. The van der Waals surface area contributed by atoms with Gasteiger partial charge < -0.3 is 10.6 Å². The van der Waals surface area contributed by atoms with Crippen molar-refractivity contribution in [2.75, 3.05) is 13.1 Å². The molecule has 2 rings (SSSR count). The van der Waals surface area contributed by atoms with E-state index in [9.17, 15) is 4.79 Å². The molecule has 0 spiro atoms. The second-order valence-electron chi connectivity index (χ2n) is 5.83. The van der Waals surface area contributed by atoms with E-state index in [2.05, 4.69) is 13.8 Å². The maximum atomic E-state index is 12.2. The Kier molecular flexibility index (Phi) is 4.59. The molecule has 1 unspecified atom stereocenters. The fraction of sp³-hybridized carbons (Fsp3) is 0.562. The average Bonchev–Trinajstić information content (AvgIpc) is 2.89. The summed E-state index contributed by atoms with van der Waals surface area (Å²) in [7, 11) is 0. The van der Waals surface area contributed by atoms with E-state index in [0.717, 1.165) is 30.6 Å². The van der Waals surface area contributed by atoms with Gasteiger partial charge >= 0.3 is 0 Å². The molecule has 1 aliphatic heterocycles. The van der Waals surface area contributed by atoms with Crippen LogP contribution in [0, 0.1) is 11.8 Å². The average molecular weight is 260 g/mol. The quantitative estimate of drug-likeness (QED) is 0.902. The molecule has 1 saturated heterocycles. The molecule has 3 heteroatoms. The molecule has 2 N–H and O–H groups in total. The minimum Gasteiger partial charge on any atom is -0.342 e. The molecule has 3 nitrogen and oxygen atoms in total. The van der Waals surface area contributed by atoms with Crippen molar-refractivity contribution in [3.05, 3.63) is 35.4 Å². The van der Waals surface area contributed by atoms with Gasteiger partial charge in [-0.3, -0.25) is 4.79 Å². The lowest BCUT2D eigenvalue weighted by Crippen LogP contribution is -2.30. The normalized spacial score (nSPS) is 19.2. The third-order valence-corrected chi connectivity index (χ3v) is 4.13. The SMILES string of the molecule is CC(C)C1CCN(C(=O)Cc2ccc(CN)cc2)C1.